The summed E-state index contributed by atoms with van der Waals surface area (Å²) in [6.07, 6.45) is -1.27. The Kier molecular flexibility index (Phi) is 4.59. The first-order valence-corrected chi connectivity index (χ1v) is 6.62. The number of nitrogens with zero attached hydrogens (tertiary/aromatic N) is 3. The second kappa shape index (κ2) is 6.24. The standard InChI is InChI=1S/C13H10Cl2FN3O2/c1-7(8-2-4-9(16)5-3-8)19(13(20)21)12-17-10(14)6-11(15)18-12/h2-7H,1H3,(H,20,21). The number of hydrogen-bond acceptors (Lipinski definition) is 3. The summed E-state index contributed by atoms with van der Waals surface area (Å²) >= 11 is 11.5. The molecule has 0 aliphatic heterocycles. The zero-order chi connectivity index (χ0) is 15.6. The summed E-state index contributed by atoms with van der Waals surface area (Å²) in [6, 6.07) is 6.13. The van der Waals surface area contributed by atoms with Gasteiger partial charge in [0.05, 0.1) is 6.04 Å². The van der Waals surface area contributed by atoms with Crippen LogP contribution in [-0.4, -0.2) is 21.2 Å². The molecule has 1 N–H and O–H groups in total. The van der Waals surface area contributed by atoms with Crippen molar-refractivity contribution in [2.24, 2.45) is 0 Å². The highest BCUT2D eigenvalue weighted by molar-refractivity contribution is 6.33. The smallest absolute Gasteiger partial charge is 0.414 e. The van der Waals surface area contributed by atoms with Crippen molar-refractivity contribution < 1.29 is 14.3 Å². The van der Waals surface area contributed by atoms with Gasteiger partial charge in [-0.15, -0.1) is 0 Å². The van der Waals surface area contributed by atoms with Crippen molar-refractivity contribution in [2.45, 2.75) is 13.0 Å². The molecule has 0 saturated heterocycles. The molecule has 0 aliphatic carbocycles. The predicted octanol–water partition coefficient (Wildman–Crippen LogP) is 4.17. The maximum absolute atomic E-state index is 12.9. The lowest BCUT2D eigenvalue weighted by Gasteiger charge is -2.24. The SMILES string of the molecule is CC(c1ccc(F)cc1)N(C(=O)O)c1nc(Cl)cc(Cl)n1. The maximum Gasteiger partial charge on any atom is 0.414 e. The molecule has 110 valence electrons. The summed E-state index contributed by atoms with van der Waals surface area (Å²) in [6.45, 7) is 1.62. The number of amides is 1. The van der Waals surface area contributed by atoms with Crippen molar-refractivity contribution in [2.75, 3.05) is 4.90 Å². The average Bonchev–Trinajstić information content (AvgIpc) is 2.37. The number of hydrogen-bond donors (Lipinski definition) is 1. The maximum atomic E-state index is 12.9. The first-order valence-electron chi connectivity index (χ1n) is 5.86. The van der Waals surface area contributed by atoms with Crippen LogP contribution in [0, 0.1) is 5.82 Å². The van der Waals surface area contributed by atoms with Gasteiger partial charge in [0, 0.05) is 6.07 Å². The molecule has 1 heterocycles. The van der Waals surface area contributed by atoms with E-state index in [1.165, 1.54) is 30.3 Å². The number of carbonyl (C=O) groups is 1. The molecule has 1 aromatic carbocycles. The number of benzene rings is 1. The van der Waals surface area contributed by atoms with Gasteiger partial charge in [0.1, 0.15) is 16.1 Å². The highest BCUT2D eigenvalue weighted by Gasteiger charge is 2.26. The zero-order valence-corrected chi connectivity index (χ0v) is 12.3. The van der Waals surface area contributed by atoms with E-state index in [9.17, 15) is 14.3 Å². The molecule has 1 amide bonds. The van der Waals surface area contributed by atoms with Crippen LogP contribution in [0.1, 0.15) is 18.5 Å². The van der Waals surface area contributed by atoms with Crippen molar-refractivity contribution in [3.05, 3.63) is 52.0 Å². The van der Waals surface area contributed by atoms with Gasteiger partial charge in [-0.3, -0.25) is 0 Å². The molecule has 0 radical (unpaired) electrons. The molecular formula is C13H10Cl2FN3O2. The summed E-state index contributed by atoms with van der Waals surface area (Å²) in [4.78, 5) is 20.1. The highest BCUT2D eigenvalue weighted by atomic mass is 35.5. The number of anilines is 1. The lowest BCUT2D eigenvalue weighted by atomic mass is 10.1. The van der Waals surface area contributed by atoms with Crippen molar-refractivity contribution in [1.82, 2.24) is 9.97 Å². The van der Waals surface area contributed by atoms with Gasteiger partial charge >= 0.3 is 6.09 Å². The minimum atomic E-state index is -1.27. The van der Waals surface area contributed by atoms with Crippen LogP contribution >= 0.6 is 23.2 Å². The van der Waals surface area contributed by atoms with E-state index in [4.69, 9.17) is 23.2 Å². The van der Waals surface area contributed by atoms with E-state index in [1.807, 2.05) is 0 Å². The first-order chi connectivity index (χ1) is 9.88. The van der Waals surface area contributed by atoms with Crippen LogP contribution < -0.4 is 4.90 Å². The van der Waals surface area contributed by atoms with Crippen molar-refractivity contribution in [3.8, 4) is 0 Å². The third-order valence-corrected chi connectivity index (χ3v) is 3.20. The third kappa shape index (κ3) is 3.59. The summed E-state index contributed by atoms with van der Waals surface area (Å²) < 4.78 is 12.9. The molecule has 0 bridgehead atoms. The Bertz CT molecular complexity index is 647. The summed E-state index contributed by atoms with van der Waals surface area (Å²) in [7, 11) is 0. The van der Waals surface area contributed by atoms with Gasteiger partial charge in [-0.25, -0.2) is 24.1 Å². The van der Waals surface area contributed by atoms with E-state index in [0.717, 1.165) is 4.90 Å². The van der Waals surface area contributed by atoms with Crippen LogP contribution in [-0.2, 0) is 0 Å². The van der Waals surface area contributed by atoms with Crippen molar-refractivity contribution in [3.63, 3.8) is 0 Å². The minimum Gasteiger partial charge on any atom is -0.465 e. The summed E-state index contributed by atoms with van der Waals surface area (Å²) in [5.41, 5.74) is 0.582. The molecule has 2 rings (SSSR count). The highest BCUT2D eigenvalue weighted by Crippen LogP contribution is 2.26. The molecule has 0 fully saturated rings. The van der Waals surface area contributed by atoms with E-state index >= 15 is 0 Å². The van der Waals surface area contributed by atoms with Crippen LogP contribution in [0.15, 0.2) is 30.3 Å². The van der Waals surface area contributed by atoms with Crippen LogP contribution in [0.5, 0.6) is 0 Å². The Hall–Kier alpha value is -1.92. The fraction of sp³-hybridized carbons (Fsp3) is 0.154. The molecule has 5 nitrogen and oxygen atoms in total. The van der Waals surface area contributed by atoms with Gasteiger partial charge in [-0.2, -0.15) is 0 Å². The van der Waals surface area contributed by atoms with Crippen molar-refractivity contribution >= 4 is 35.2 Å². The van der Waals surface area contributed by atoms with E-state index in [-0.39, 0.29) is 16.3 Å². The van der Waals surface area contributed by atoms with Crippen LogP contribution in [0.2, 0.25) is 10.3 Å². The van der Waals surface area contributed by atoms with E-state index in [0.29, 0.717) is 5.56 Å². The molecule has 1 atom stereocenters. The Morgan fingerprint density at radius 2 is 1.76 bits per heavy atom. The largest absolute Gasteiger partial charge is 0.465 e. The second-order valence-corrected chi connectivity index (χ2v) is 4.97. The summed E-state index contributed by atoms with van der Waals surface area (Å²) in [5, 5.41) is 9.44. The number of halogens is 3. The van der Waals surface area contributed by atoms with Gasteiger partial charge in [-0.1, -0.05) is 35.3 Å². The Labute approximate surface area is 130 Å². The lowest BCUT2D eigenvalue weighted by molar-refractivity contribution is 0.199. The molecule has 0 aliphatic rings. The Balaban J connectivity index is 2.43. The van der Waals surface area contributed by atoms with Gasteiger partial charge in [0.25, 0.3) is 0 Å². The first kappa shape index (κ1) is 15.5. The Morgan fingerprint density at radius 3 is 2.24 bits per heavy atom. The molecule has 8 heteroatoms. The average molecular weight is 330 g/mol. The van der Waals surface area contributed by atoms with E-state index in [2.05, 4.69) is 9.97 Å². The molecule has 0 saturated carbocycles. The van der Waals surface area contributed by atoms with Crippen LogP contribution in [0.3, 0.4) is 0 Å². The molecule has 0 spiro atoms. The number of aromatic nitrogens is 2. The Morgan fingerprint density at radius 1 is 1.24 bits per heavy atom. The monoisotopic (exact) mass is 329 g/mol. The topological polar surface area (TPSA) is 66.3 Å². The van der Waals surface area contributed by atoms with Gasteiger partial charge in [0.2, 0.25) is 5.95 Å². The predicted molar refractivity (Wildman–Crippen MR) is 77.4 cm³/mol. The van der Waals surface area contributed by atoms with E-state index in [1.54, 1.807) is 6.92 Å². The number of carboxylic acid groups (broad SMARTS) is 1. The van der Waals surface area contributed by atoms with Gasteiger partial charge < -0.3 is 5.11 Å². The van der Waals surface area contributed by atoms with Crippen LogP contribution in [0.4, 0.5) is 15.1 Å². The number of rotatable bonds is 3. The summed E-state index contributed by atoms with van der Waals surface area (Å²) in [5.74, 6) is -0.549. The lowest BCUT2D eigenvalue weighted by Crippen LogP contribution is -2.33. The van der Waals surface area contributed by atoms with E-state index < -0.39 is 18.0 Å². The molecule has 21 heavy (non-hydrogen) atoms. The molecule has 1 aromatic heterocycles. The van der Waals surface area contributed by atoms with Gasteiger partial charge in [0.15, 0.2) is 0 Å². The molecule has 1 unspecified atom stereocenters. The molecule has 2 aromatic rings. The normalized spacial score (nSPS) is 12.0. The fourth-order valence-electron chi connectivity index (χ4n) is 1.80. The molecular weight excluding hydrogens is 320 g/mol. The third-order valence-electron chi connectivity index (χ3n) is 2.81. The second-order valence-electron chi connectivity index (χ2n) is 4.19. The zero-order valence-electron chi connectivity index (χ0n) is 10.8. The van der Waals surface area contributed by atoms with Crippen LogP contribution in [0.25, 0.3) is 0 Å². The minimum absolute atomic E-state index is 0.0301. The fourth-order valence-corrected chi connectivity index (χ4v) is 2.22. The quantitative estimate of drug-likeness (QED) is 0.858. The van der Waals surface area contributed by atoms with Gasteiger partial charge in [-0.05, 0) is 24.6 Å². The van der Waals surface area contributed by atoms with Crippen molar-refractivity contribution in [1.29, 1.82) is 0 Å².